The minimum Gasteiger partial charge on any atom is -0.354 e. The van der Waals surface area contributed by atoms with Gasteiger partial charge in [-0.15, -0.1) is 0 Å². The van der Waals surface area contributed by atoms with Crippen LogP contribution < -0.4 is 10.2 Å². The molecule has 1 saturated carbocycles. The summed E-state index contributed by atoms with van der Waals surface area (Å²) in [6, 6.07) is 7.82. The number of rotatable bonds is 5. The first kappa shape index (κ1) is 13.6. The fourth-order valence-corrected chi connectivity index (χ4v) is 1.97. The number of aryl methyl sites for hydroxylation is 1. The molecule has 1 fully saturated rings. The Morgan fingerprint density at radius 3 is 2.42 bits per heavy atom. The molecule has 0 spiro atoms. The third kappa shape index (κ3) is 3.81. The van der Waals surface area contributed by atoms with Crippen LogP contribution in [0.4, 0.5) is 5.69 Å². The van der Waals surface area contributed by atoms with Gasteiger partial charge in [0, 0.05) is 31.6 Å². The molecular formula is C15H20N2O2. The summed E-state index contributed by atoms with van der Waals surface area (Å²) in [5, 5.41) is 2.88. The Morgan fingerprint density at radius 1 is 1.26 bits per heavy atom. The Hall–Kier alpha value is -1.84. The van der Waals surface area contributed by atoms with Gasteiger partial charge in [0.25, 0.3) is 0 Å². The zero-order valence-corrected chi connectivity index (χ0v) is 11.5. The molecule has 102 valence electrons. The van der Waals surface area contributed by atoms with Gasteiger partial charge in [-0.25, -0.2) is 0 Å². The highest BCUT2D eigenvalue weighted by Crippen LogP contribution is 2.28. The molecule has 2 amide bonds. The van der Waals surface area contributed by atoms with E-state index >= 15 is 0 Å². The smallest absolute Gasteiger partial charge is 0.223 e. The van der Waals surface area contributed by atoms with Crippen molar-refractivity contribution >= 4 is 17.5 Å². The minimum absolute atomic E-state index is 0.00970. The summed E-state index contributed by atoms with van der Waals surface area (Å²) in [6.07, 6.45) is 2.00. The summed E-state index contributed by atoms with van der Waals surface area (Å²) in [4.78, 5) is 24.9. The first-order chi connectivity index (χ1) is 9.08. The third-order valence-corrected chi connectivity index (χ3v) is 3.31. The molecule has 0 unspecified atom stereocenters. The number of benzene rings is 1. The molecule has 4 nitrogen and oxygen atoms in total. The molecule has 1 aliphatic rings. The molecule has 19 heavy (non-hydrogen) atoms. The van der Waals surface area contributed by atoms with Gasteiger partial charge in [0.2, 0.25) is 11.8 Å². The predicted octanol–water partition coefficient (Wildman–Crippen LogP) is 1.87. The van der Waals surface area contributed by atoms with Crippen LogP contribution in [0.2, 0.25) is 0 Å². The van der Waals surface area contributed by atoms with Gasteiger partial charge in [-0.2, -0.15) is 0 Å². The molecule has 0 heterocycles. The van der Waals surface area contributed by atoms with Crippen LogP contribution in [0.1, 0.15) is 25.3 Å². The lowest BCUT2D eigenvalue weighted by Gasteiger charge is -2.21. The highest BCUT2D eigenvalue weighted by atomic mass is 16.2. The van der Waals surface area contributed by atoms with E-state index in [9.17, 15) is 9.59 Å². The maximum Gasteiger partial charge on any atom is 0.223 e. The van der Waals surface area contributed by atoms with E-state index in [4.69, 9.17) is 0 Å². The van der Waals surface area contributed by atoms with Crippen molar-refractivity contribution in [2.45, 2.75) is 26.7 Å². The Balaban J connectivity index is 1.90. The molecule has 0 saturated heterocycles. The summed E-state index contributed by atoms with van der Waals surface area (Å²) in [5.41, 5.74) is 2.04. The number of nitrogens with zero attached hydrogens (tertiary/aromatic N) is 1. The van der Waals surface area contributed by atoms with E-state index in [0.29, 0.717) is 13.1 Å². The fraction of sp³-hybridized carbons (Fsp3) is 0.467. The topological polar surface area (TPSA) is 49.4 Å². The van der Waals surface area contributed by atoms with E-state index < -0.39 is 0 Å². The zero-order chi connectivity index (χ0) is 13.8. The van der Waals surface area contributed by atoms with Crippen molar-refractivity contribution in [1.29, 1.82) is 0 Å². The third-order valence-electron chi connectivity index (χ3n) is 3.31. The maximum atomic E-state index is 11.7. The van der Waals surface area contributed by atoms with Gasteiger partial charge in [0.15, 0.2) is 0 Å². The van der Waals surface area contributed by atoms with Gasteiger partial charge in [-0.3, -0.25) is 9.59 Å². The first-order valence-electron chi connectivity index (χ1n) is 6.70. The van der Waals surface area contributed by atoms with Crippen LogP contribution in [0.3, 0.4) is 0 Å². The van der Waals surface area contributed by atoms with E-state index in [1.165, 1.54) is 0 Å². The fourth-order valence-electron chi connectivity index (χ4n) is 1.97. The SMILES string of the molecule is CC(=O)N(CCNC(=O)C1CC1)c1ccc(C)cc1. The number of carbonyl (C=O) groups is 2. The second-order valence-corrected chi connectivity index (χ2v) is 5.07. The van der Waals surface area contributed by atoms with E-state index in [-0.39, 0.29) is 17.7 Å². The highest BCUT2D eigenvalue weighted by molar-refractivity contribution is 5.91. The van der Waals surface area contributed by atoms with Crippen LogP contribution in [-0.4, -0.2) is 24.9 Å². The number of hydrogen-bond donors (Lipinski definition) is 1. The van der Waals surface area contributed by atoms with Crippen LogP contribution in [0.5, 0.6) is 0 Å². The van der Waals surface area contributed by atoms with Crippen molar-refractivity contribution in [2.24, 2.45) is 5.92 Å². The summed E-state index contributed by atoms with van der Waals surface area (Å²) in [7, 11) is 0. The van der Waals surface area contributed by atoms with Gasteiger partial charge in [0.1, 0.15) is 0 Å². The largest absolute Gasteiger partial charge is 0.354 e. The van der Waals surface area contributed by atoms with Gasteiger partial charge in [-0.05, 0) is 31.9 Å². The van der Waals surface area contributed by atoms with Crippen LogP contribution in [0.25, 0.3) is 0 Å². The lowest BCUT2D eigenvalue weighted by atomic mass is 10.2. The number of anilines is 1. The van der Waals surface area contributed by atoms with Crippen molar-refractivity contribution in [1.82, 2.24) is 5.32 Å². The minimum atomic E-state index is -0.00970. The molecule has 2 rings (SSSR count). The van der Waals surface area contributed by atoms with E-state index in [2.05, 4.69) is 5.32 Å². The first-order valence-corrected chi connectivity index (χ1v) is 6.70. The molecule has 0 bridgehead atoms. The quantitative estimate of drug-likeness (QED) is 0.878. The maximum absolute atomic E-state index is 11.7. The summed E-state index contributed by atoms with van der Waals surface area (Å²) in [6.45, 7) is 4.57. The van der Waals surface area contributed by atoms with Crippen molar-refractivity contribution in [2.75, 3.05) is 18.0 Å². The van der Waals surface area contributed by atoms with Gasteiger partial charge < -0.3 is 10.2 Å². The normalized spacial score (nSPS) is 14.0. The highest BCUT2D eigenvalue weighted by Gasteiger charge is 2.29. The molecular weight excluding hydrogens is 240 g/mol. The van der Waals surface area contributed by atoms with Crippen molar-refractivity contribution in [3.8, 4) is 0 Å². The van der Waals surface area contributed by atoms with Gasteiger partial charge >= 0.3 is 0 Å². The van der Waals surface area contributed by atoms with Crippen LogP contribution in [0.15, 0.2) is 24.3 Å². The molecule has 0 atom stereocenters. The average molecular weight is 260 g/mol. The predicted molar refractivity (Wildman–Crippen MR) is 74.9 cm³/mol. The molecule has 0 aliphatic heterocycles. The summed E-state index contributed by atoms with van der Waals surface area (Å²) >= 11 is 0. The van der Waals surface area contributed by atoms with Crippen molar-refractivity contribution < 1.29 is 9.59 Å². The molecule has 1 aromatic rings. The summed E-state index contributed by atoms with van der Waals surface area (Å²) in [5.74, 6) is 0.321. The van der Waals surface area contributed by atoms with Crippen LogP contribution >= 0.6 is 0 Å². The molecule has 4 heteroatoms. The van der Waals surface area contributed by atoms with E-state index in [1.54, 1.807) is 11.8 Å². The number of carbonyl (C=O) groups excluding carboxylic acids is 2. The average Bonchev–Trinajstić information content (AvgIpc) is 3.19. The number of hydrogen-bond acceptors (Lipinski definition) is 2. The lowest BCUT2D eigenvalue weighted by molar-refractivity contribution is -0.122. The van der Waals surface area contributed by atoms with E-state index in [1.807, 2.05) is 31.2 Å². The second kappa shape index (κ2) is 5.87. The number of amides is 2. The molecule has 0 radical (unpaired) electrons. The molecule has 1 aliphatic carbocycles. The van der Waals surface area contributed by atoms with Crippen molar-refractivity contribution in [3.05, 3.63) is 29.8 Å². The Labute approximate surface area is 113 Å². The molecule has 1 aromatic carbocycles. The van der Waals surface area contributed by atoms with Crippen LogP contribution in [0, 0.1) is 12.8 Å². The van der Waals surface area contributed by atoms with Gasteiger partial charge in [0.05, 0.1) is 0 Å². The molecule has 0 aromatic heterocycles. The second-order valence-electron chi connectivity index (χ2n) is 5.07. The standard InChI is InChI=1S/C15H20N2O2/c1-11-3-7-14(8-4-11)17(12(2)18)10-9-16-15(19)13-5-6-13/h3-4,7-8,13H,5-6,9-10H2,1-2H3,(H,16,19). The molecule has 1 N–H and O–H groups in total. The Morgan fingerprint density at radius 2 is 1.89 bits per heavy atom. The lowest BCUT2D eigenvalue weighted by Crippen LogP contribution is -2.38. The van der Waals surface area contributed by atoms with E-state index in [0.717, 1.165) is 24.1 Å². The van der Waals surface area contributed by atoms with Crippen LogP contribution in [-0.2, 0) is 9.59 Å². The monoisotopic (exact) mass is 260 g/mol. The summed E-state index contributed by atoms with van der Waals surface area (Å²) < 4.78 is 0. The zero-order valence-electron chi connectivity index (χ0n) is 11.5. The Bertz CT molecular complexity index is 464. The van der Waals surface area contributed by atoms with Crippen molar-refractivity contribution in [3.63, 3.8) is 0 Å². The Kier molecular flexibility index (Phi) is 4.20. The van der Waals surface area contributed by atoms with Gasteiger partial charge in [-0.1, -0.05) is 17.7 Å². The number of nitrogens with one attached hydrogen (secondary N) is 1.